The van der Waals surface area contributed by atoms with Gasteiger partial charge in [-0.15, -0.1) is 0 Å². The van der Waals surface area contributed by atoms with Crippen LogP contribution >= 0.6 is 0 Å². The van der Waals surface area contributed by atoms with E-state index in [9.17, 15) is 5.11 Å². The summed E-state index contributed by atoms with van der Waals surface area (Å²) in [4.78, 5) is 10.1. The topological polar surface area (TPSA) is 75.3 Å². The van der Waals surface area contributed by atoms with E-state index in [0.717, 1.165) is 5.82 Å². The van der Waals surface area contributed by atoms with Crippen LogP contribution in [0.2, 0.25) is 0 Å². The molecule has 5 heteroatoms. The fourth-order valence-corrected chi connectivity index (χ4v) is 1.19. The normalized spacial score (nSPS) is 12.6. The van der Waals surface area contributed by atoms with Gasteiger partial charge in [0.15, 0.2) is 0 Å². The lowest BCUT2D eigenvalue weighted by Crippen LogP contribution is -2.19. The molecule has 1 atom stereocenters. The molecule has 0 aliphatic rings. The van der Waals surface area contributed by atoms with E-state index in [0.29, 0.717) is 11.4 Å². The summed E-state index contributed by atoms with van der Waals surface area (Å²) in [6.45, 7) is 1.98. The lowest BCUT2D eigenvalue weighted by Gasteiger charge is -2.18. The molecule has 0 aliphatic heterocycles. The van der Waals surface area contributed by atoms with Gasteiger partial charge in [0.2, 0.25) is 0 Å². The van der Waals surface area contributed by atoms with Crippen LogP contribution in [0.5, 0.6) is 0 Å². The number of aryl methyl sites for hydroxylation is 1. The molecule has 0 amide bonds. The van der Waals surface area contributed by atoms with E-state index >= 15 is 0 Å². The van der Waals surface area contributed by atoms with Crippen LogP contribution < -0.4 is 10.6 Å². The first-order chi connectivity index (χ1) is 6.56. The maximum atomic E-state index is 9.62. The number of aliphatic hydroxyl groups excluding tert-OH is 1. The molecule has 0 saturated carbocycles. The molecule has 0 aliphatic carbocycles. The zero-order chi connectivity index (χ0) is 10.7. The molecule has 0 spiro atoms. The summed E-state index contributed by atoms with van der Waals surface area (Å²) < 4.78 is 0. The largest absolute Gasteiger partial charge is 0.387 e. The molecule has 1 rings (SSSR count). The Bertz CT molecular complexity index is 314. The van der Waals surface area contributed by atoms with Crippen molar-refractivity contribution in [1.82, 2.24) is 9.97 Å². The van der Waals surface area contributed by atoms with E-state index in [-0.39, 0.29) is 6.54 Å². The van der Waals surface area contributed by atoms with Crippen molar-refractivity contribution >= 4 is 5.82 Å². The fourth-order valence-electron chi connectivity index (χ4n) is 1.19. The molecule has 14 heavy (non-hydrogen) atoms. The summed E-state index contributed by atoms with van der Waals surface area (Å²) in [5.41, 5.74) is 6.06. The van der Waals surface area contributed by atoms with Gasteiger partial charge in [-0.05, 0) is 6.92 Å². The number of rotatable bonds is 3. The van der Waals surface area contributed by atoms with Gasteiger partial charge in [0.25, 0.3) is 0 Å². The number of nitrogens with two attached hydrogens (primary N) is 1. The quantitative estimate of drug-likeness (QED) is 0.702. The zero-order valence-electron chi connectivity index (χ0n) is 8.73. The van der Waals surface area contributed by atoms with Gasteiger partial charge in [-0.2, -0.15) is 0 Å². The third kappa shape index (κ3) is 2.18. The lowest BCUT2D eigenvalue weighted by molar-refractivity contribution is 0.186. The lowest BCUT2D eigenvalue weighted by atomic mass is 10.1. The first kappa shape index (κ1) is 10.9. The van der Waals surface area contributed by atoms with E-state index in [1.807, 2.05) is 25.9 Å². The molecule has 0 radical (unpaired) electrons. The van der Waals surface area contributed by atoms with Gasteiger partial charge >= 0.3 is 0 Å². The van der Waals surface area contributed by atoms with Crippen LogP contribution in [0.25, 0.3) is 0 Å². The highest BCUT2D eigenvalue weighted by molar-refractivity contribution is 5.45. The number of anilines is 1. The van der Waals surface area contributed by atoms with Crippen molar-refractivity contribution in [3.63, 3.8) is 0 Å². The van der Waals surface area contributed by atoms with Crippen molar-refractivity contribution < 1.29 is 5.11 Å². The maximum Gasteiger partial charge on any atom is 0.137 e. The standard InChI is InChI=1S/C9H16N4O/c1-6-11-5-7(8(14)4-10)9(12-6)13(2)3/h5,8,14H,4,10H2,1-3H3. The molecule has 78 valence electrons. The Labute approximate surface area is 83.6 Å². The zero-order valence-corrected chi connectivity index (χ0v) is 8.73. The minimum absolute atomic E-state index is 0.174. The number of hydrogen-bond acceptors (Lipinski definition) is 5. The summed E-state index contributed by atoms with van der Waals surface area (Å²) >= 11 is 0. The molecule has 1 heterocycles. The molecule has 1 aromatic heterocycles. The van der Waals surface area contributed by atoms with Crippen LogP contribution in [-0.4, -0.2) is 35.7 Å². The average Bonchev–Trinajstić information content (AvgIpc) is 2.16. The molecule has 0 fully saturated rings. The summed E-state index contributed by atoms with van der Waals surface area (Å²) in [6.07, 6.45) is 0.919. The highest BCUT2D eigenvalue weighted by Gasteiger charge is 2.14. The van der Waals surface area contributed by atoms with Crippen molar-refractivity contribution in [3.8, 4) is 0 Å². The Kier molecular flexibility index (Phi) is 3.38. The molecule has 1 aromatic rings. The first-order valence-corrected chi connectivity index (χ1v) is 4.45. The summed E-state index contributed by atoms with van der Waals surface area (Å²) in [5.74, 6) is 1.40. The van der Waals surface area contributed by atoms with Gasteiger partial charge in [-0.3, -0.25) is 0 Å². The van der Waals surface area contributed by atoms with Gasteiger partial charge in [0.05, 0.1) is 6.10 Å². The van der Waals surface area contributed by atoms with Crippen LogP contribution in [0.4, 0.5) is 5.82 Å². The van der Waals surface area contributed by atoms with Crippen molar-refractivity contribution in [1.29, 1.82) is 0 Å². The molecular weight excluding hydrogens is 180 g/mol. The van der Waals surface area contributed by atoms with Gasteiger partial charge < -0.3 is 15.7 Å². The minimum atomic E-state index is -0.701. The monoisotopic (exact) mass is 196 g/mol. The molecule has 5 nitrogen and oxygen atoms in total. The van der Waals surface area contributed by atoms with Crippen LogP contribution in [0.1, 0.15) is 17.5 Å². The van der Waals surface area contributed by atoms with Crippen molar-refractivity contribution in [2.45, 2.75) is 13.0 Å². The summed E-state index contributed by atoms with van der Waals surface area (Å²) in [6, 6.07) is 0. The van der Waals surface area contributed by atoms with Crippen molar-refractivity contribution in [2.24, 2.45) is 5.73 Å². The molecule has 3 N–H and O–H groups in total. The SMILES string of the molecule is Cc1ncc(C(O)CN)c(N(C)C)n1. The van der Waals surface area contributed by atoms with Gasteiger partial charge in [-0.25, -0.2) is 9.97 Å². The van der Waals surface area contributed by atoms with E-state index in [2.05, 4.69) is 9.97 Å². The number of aliphatic hydroxyl groups is 1. The molecule has 0 aromatic carbocycles. The van der Waals surface area contributed by atoms with Crippen LogP contribution in [0, 0.1) is 6.92 Å². The third-order valence-corrected chi connectivity index (χ3v) is 1.92. The van der Waals surface area contributed by atoms with E-state index in [1.54, 1.807) is 6.20 Å². The van der Waals surface area contributed by atoms with Crippen molar-refractivity contribution in [3.05, 3.63) is 17.6 Å². The molecule has 0 saturated heterocycles. The number of hydrogen-bond donors (Lipinski definition) is 2. The smallest absolute Gasteiger partial charge is 0.137 e. The molecule has 1 unspecified atom stereocenters. The van der Waals surface area contributed by atoms with Crippen LogP contribution in [0.3, 0.4) is 0 Å². The molecular formula is C9H16N4O. The first-order valence-electron chi connectivity index (χ1n) is 4.45. The second-order valence-corrected chi connectivity index (χ2v) is 3.34. The second kappa shape index (κ2) is 4.34. The van der Waals surface area contributed by atoms with Gasteiger partial charge in [-0.1, -0.05) is 0 Å². The summed E-state index contributed by atoms with van der Waals surface area (Å²) in [5, 5.41) is 9.62. The van der Waals surface area contributed by atoms with Crippen molar-refractivity contribution in [2.75, 3.05) is 25.5 Å². The average molecular weight is 196 g/mol. The van der Waals surface area contributed by atoms with E-state index in [4.69, 9.17) is 5.73 Å². The second-order valence-electron chi connectivity index (χ2n) is 3.34. The van der Waals surface area contributed by atoms with Gasteiger partial charge in [0.1, 0.15) is 11.6 Å². The Morgan fingerprint density at radius 1 is 1.57 bits per heavy atom. The van der Waals surface area contributed by atoms with Crippen LogP contribution in [0.15, 0.2) is 6.20 Å². The Balaban J connectivity index is 3.14. The Morgan fingerprint density at radius 2 is 2.21 bits per heavy atom. The Hall–Kier alpha value is -1.20. The highest BCUT2D eigenvalue weighted by atomic mass is 16.3. The van der Waals surface area contributed by atoms with E-state index < -0.39 is 6.10 Å². The maximum absolute atomic E-state index is 9.62. The van der Waals surface area contributed by atoms with Crippen LogP contribution in [-0.2, 0) is 0 Å². The molecule has 0 bridgehead atoms. The third-order valence-electron chi connectivity index (χ3n) is 1.92. The van der Waals surface area contributed by atoms with Gasteiger partial charge in [0, 0.05) is 32.4 Å². The predicted octanol–water partition coefficient (Wildman–Crippen LogP) is -0.157. The number of nitrogens with zero attached hydrogens (tertiary/aromatic N) is 3. The Morgan fingerprint density at radius 3 is 2.71 bits per heavy atom. The predicted molar refractivity (Wildman–Crippen MR) is 55.1 cm³/mol. The fraction of sp³-hybridized carbons (Fsp3) is 0.556. The van der Waals surface area contributed by atoms with E-state index in [1.165, 1.54) is 0 Å². The highest BCUT2D eigenvalue weighted by Crippen LogP contribution is 2.21. The minimum Gasteiger partial charge on any atom is -0.387 e. The number of aromatic nitrogens is 2. The summed E-state index contributed by atoms with van der Waals surface area (Å²) in [7, 11) is 3.74.